The fourth-order valence-corrected chi connectivity index (χ4v) is 2.97. The number of nitro groups is 1. The second-order valence-corrected chi connectivity index (χ2v) is 6.75. The predicted molar refractivity (Wildman–Crippen MR) is 109 cm³/mol. The summed E-state index contributed by atoms with van der Waals surface area (Å²) < 4.78 is 5.65. The lowest BCUT2D eigenvalue weighted by Crippen LogP contribution is -2.14. The molecule has 3 aromatic carbocycles. The van der Waals surface area contributed by atoms with Crippen LogP contribution < -0.4 is 10.1 Å². The van der Waals surface area contributed by atoms with Gasteiger partial charge in [-0.05, 0) is 30.3 Å². The van der Waals surface area contributed by atoms with Crippen molar-refractivity contribution in [1.82, 2.24) is 0 Å². The van der Waals surface area contributed by atoms with Gasteiger partial charge in [0.25, 0.3) is 11.6 Å². The molecule has 142 valence electrons. The first-order valence-corrected chi connectivity index (χ1v) is 8.96. The van der Waals surface area contributed by atoms with Gasteiger partial charge in [0.05, 0.1) is 20.0 Å². The summed E-state index contributed by atoms with van der Waals surface area (Å²) >= 11 is 17.8. The molecule has 0 atom stereocenters. The number of hydrogen-bond donors (Lipinski definition) is 1. The van der Waals surface area contributed by atoms with Crippen molar-refractivity contribution in [3.05, 3.63) is 91.4 Å². The van der Waals surface area contributed by atoms with Crippen molar-refractivity contribution in [3.63, 3.8) is 0 Å². The summed E-state index contributed by atoms with van der Waals surface area (Å²) in [6.45, 7) is 0. The number of benzene rings is 3. The number of anilines is 1. The Morgan fingerprint density at radius 3 is 2.18 bits per heavy atom. The first-order chi connectivity index (χ1) is 13.3. The van der Waals surface area contributed by atoms with Gasteiger partial charge in [-0.2, -0.15) is 0 Å². The smallest absolute Gasteiger partial charge is 0.282 e. The summed E-state index contributed by atoms with van der Waals surface area (Å²) in [6, 6.07) is 15.5. The maximum atomic E-state index is 12.7. The average molecular weight is 438 g/mol. The maximum absolute atomic E-state index is 12.7. The Kier molecular flexibility index (Phi) is 6.04. The summed E-state index contributed by atoms with van der Waals surface area (Å²) in [4.78, 5) is 23.3. The van der Waals surface area contributed by atoms with Gasteiger partial charge in [-0.1, -0.05) is 53.0 Å². The van der Waals surface area contributed by atoms with Crippen LogP contribution in [0.2, 0.25) is 15.1 Å². The lowest BCUT2D eigenvalue weighted by Gasteiger charge is -2.10. The lowest BCUT2D eigenvalue weighted by atomic mass is 10.1. The number of carbonyl (C=O) groups is 1. The highest BCUT2D eigenvalue weighted by atomic mass is 35.5. The van der Waals surface area contributed by atoms with Gasteiger partial charge in [0, 0.05) is 17.8 Å². The van der Waals surface area contributed by atoms with Crippen molar-refractivity contribution in [2.24, 2.45) is 0 Å². The van der Waals surface area contributed by atoms with Gasteiger partial charge in [-0.15, -0.1) is 0 Å². The van der Waals surface area contributed by atoms with Crippen LogP contribution in [0.15, 0.2) is 60.7 Å². The number of nitro benzene ring substituents is 1. The van der Waals surface area contributed by atoms with E-state index in [1.807, 2.05) is 6.07 Å². The van der Waals surface area contributed by atoms with Crippen LogP contribution in [0.1, 0.15) is 10.4 Å². The van der Waals surface area contributed by atoms with E-state index in [0.29, 0.717) is 5.75 Å². The van der Waals surface area contributed by atoms with E-state index in [9.17, 15) is 14.9 Å². The summed E-state index contributed by atoms with van der Waals surface area (Å²) in [5, 5.41) is 14.3. The van der Waals surface area contributed by atoms with Gasteiger partial charge in [0.2, 0.25) is 0 Å². The molecule has 0 aliphatic heterocycles. The highest BCUT2D eigenvalue weighted by molar-refractivity contribution is 6.48. The molecular formula is C19H11Cl3N2O4. The number of amides is 1. The first-order valence-electron chi connectivity index (χ1n) is 7.82. The van der Waals surface area contributed by atoms with E-state index in [4.69, 9.17) is 39.5 Å². The van der Waals surface area contributed by atoms with Crippen molar-refractivity contribution in [3.8, 4) is 11.5 Å². The number of halogens is 3. The first kappa shape index (κ1) is 19.9. The van der Waals surface area contributed by atoms with Gasteiger partial charge >= 0.3 is 0 Å². The normalized spacial score (nSPS) is 10.4. The highest BCUT2D eigenvalue weighted by Gasteiger charge is 2.22. The van der Waals surface area contributed by atoms with Crippen LogP contribution in [0.25, 0.3) is 0 Å². The summed E-state index contributed by atoms with van der Waals surface area (Å²) in [5.74, 6) is 0.0766. The van der Waals surface area contributed by atoms with E-state index in [2.05, 4.69) is 5.32 Å². The van der Waals surface area contributed by atoms with Crippen molar-refractivity contribution < 1.29 is 14.5 Å². The zero-order valence-corrected chi connectivity index (χ0v) is 16.3. The molecule has 0 aliphatic rings. The minimum absolute atomic E-state index is 0.139. The lowest BCUT2D eigenvalue weighted by molar-refractivity contribution is -0.385. The molecule has 0 saturated carbocycles. The molecular weight excluding hydrogens is 427 g/mol. The number of ether oxygens (including phenoxy) is 1. The van der Waals surface area contributed by atoms with Gasteiger partial charge in [-0.25, -0.2) is 0 Å². The van der Waals surface area contributed by atoms with Crippen LogP contribution in [0.5, 0.6) is 11.5 Å². The second kappa shape index (κ2) is 8.48. The van der Waals surface area contributed by atoms with Crippen LogP contribution in [-0.4, -0.2) is 10.8 Å². The Hall–Kier alpha value is -2.80. The number of rotatable bonds is 5. The third kappa shape index (κ3) is 4.54. The zero-order valence-electron chi connectivity index (χ0n) is 14.0. The van der Waals surface area contributed by atoms with Crippen molar-refractivity contribution in [1.29, 1.82) is 0 Å². The fraction of sp³-hybridized carbons (Fsp3) is 0. The molecule has 6 nitrogen and oxygen atoms in total. The average Bonchev–Trinajstić information content (AvgIpc) is 2.66. The standard InChI is InChI=1S/C19H11Cl3N2O4/c20-15-8-11(9-16(21)18(15)22)23-19(25)14-10-13(6-7-17(14)24(26)27)28-12-4-2-1-3-5-12/h1-10H,(H,23,25). The molecule has 0 bridgehead atoms. The van der Waals surface area contributed by atoms with Gasteiger partial charge in [0.1, 0.15) is 17.1 Å². The molecule has 1 amide bonds. The Bertz CT molecular complexity index is 1040. The molecule has 9 heteroatoms. The largest absolute Gasteiger partial charge is 0.457 e. The molecule has 3 rings (SSSR count). The minimum Gasteiger partial charge on any atom is -0.457 e. The van der Waals surface area contributed by atoms with E-state index >= 15 is 0 Å². The Morgan fingerprint density at radius 1 is 0.929 bits per heavy atom. The molecule has 0 aliphatic carbocycles. The molecule has 0 unspecified atom stereocenters. The maximum Gasteiger partial charge on any atom is 0.282 e. The Labute approximate surface area is 174 Å². The Balaban J connectivity index is 1.93. The van der Waals surface area contributed by atoms with Gasteiger partial charge in [0.15, 0.2) is 0 Å². The zero-order chi connectivity index (χ0) is 20.3. The molecule has 28 heavy (non-hydrogen) atoms. The van der Waals surface area contributed by atoms with E-state index < -0.39 is 10.8 Å². The van der Waals surface area contributed by atoms with Crippen molar-refractivity contribution in [2.75, 3.05) is 5.32 Å². The topological polar surface area (TPSA) is 81.5 Å². The number of nitrogens with zero attached hydrogens (tertiary/aromatic N) is 1. The van der Waals surface area contributed by atoms with E-state index in [-0.39, 0.29) is 37.8 Å². The van der Waals surface area contributed by atoms with Gasteiger partial charge in [-0.3, -0.25) is 14.9 Å². The number of carbonyl (C=O) groups excluding carboxylic acids is 1. The highest BCUT2D eigenvalue weighted by Crippen LogP contribution is 2.34. The number of hydrogen-bond acceptors (Lipinski definition) is 4. The Morgan fingerprint density at radius 2 is 1.57 bits per heavy atom. The van der Waals surface area contributed by atoms with E-state index in [0.717, 1.165) is 0 Å². The molecule has 0 fully saturated rings. The molecule has 0 aromatic heterocycles. The fourth-order valence-electron chi connectivity index (χ4n) is 2.37. The quantitative estimate of drug-likeness (QED) is 0.277. The molecule has 0 spiro atoms. The molecule has 0 radical (unpaired) electrons. The summed E-state index contributed by atoms with van der Waals surface area (Å²) in [7, 11) is 0. The van der Waals surface area contributed by atoms with E-state index in [1.165, 1.54) is 30.3 Å². The SMILES string of the molecule is O=C(Nc1cc(Cl)c(Cl)c(Cl)c1)c1cc(Oc2ccccc2)ccc1[N+](=O)[O-]. The van der Waals surface area contributed by atoms with Crippen molar-refractivity contribution in [2.45, 2.75) is 0 Å². The van der Waals surface area contributed by atoms with Crippen molar-refractivity contribution >= 4 is 52.1 Å². The monoisotopic (exact) mass is 436 g/mol. The van der Waals surface area contributed by atoms with Crippen LogP contribution in [0.4, 0.5) is 11.4 Å². The van der Waals surface area contributed by atoms with Gasteiger partial charge < -0.3 is 10.1 Å². The summed E-state index contributed by atoms with van der Waals surface area (Å²) in [6.07, 6.45) is 0. The van der Waals surface area contributed by atoms with Crippen LogP contribution in [-0.2, 0) is 0 Å². The van der Waals surface area contributed by atoms with E-state index in [1.54, 1.807) is 24.3 Å². The molecule has 1 N–H and O–H groups in total. The number of nitrogens with one attached hydrogen (secondary N) is 1. The molecule has 3 aromatic rings. The third-order valence-corrected chi connectivity index (χ3v) is 4.83. The number of para-hydroxylation sites is 1. The van der Waals surface area contributed by atoms with Crippen LogP contribution in [0, 0.1) is 10.1 Å². The van der Waals surface area contributed by atoms with Crippen LogP contribution >= 0.6 is 34.8 Å². The predicted octanol–water partition coefficient (Wildman–Crippen LogP) is 6.60. The minimum atomic E-state index is -0.723. The molecule has 0 heterocycles. The second-order valence-electron chi connectivity index (χ2n) is 5.56. The van der Waals surface area contributed by atoms with Crippen LogP contribution in [0.3, 0.4) is 0 Å². The molecule has 0 saturated heterocycles. The summed E-state index contributed by atoms with van der Waals surface area (Å²) in [5.41, 5.74) is -0.308. The third-order valence-electron chi connectivity index (χ3n) is 3.63.